The molecule has 0 aromatic carbocycles. The molecule has 0 spiro atoms. The Balaban J connectivity index is 1.86. The zero-order valence-corrected chi connectivity index (χ0v) is 9.99. The van der Waals surface area contributed by atoms with Gasteiger partial charge in [-0.25, -0.2) is 4.98 Å². The number of oxazole rings is 1. The molecule has 0 unspecified atom stereocenters. The van der Waals surface area contributed by atoms with Crippen LogP contribution in [-0.4, -0.2) is 22.2 Å². The first-order valence-corrected chi connectivity index (χ1v) is 6.01. The summed E-state index contributed by atoms with van der Waals surface area (Å²) in [5, 5.41) is 13.1. The fourth-order valence-electron chi connectivity index (χ4n) is 2.18. The van der Waals surface area contributed by atoms with Crippen molar-refractivity contribution in [3.63, 3.8) is 0 Å². The lowest BCUT2D eigenvalue weighted by Gasteiger charge is -2.27. The minimum Gasteiger partial charge on any atom is -0.444 e. The highest BCUT2D eigenvalue weighted by atomic mass is 16.4. The van der Waals surface area contributed by atoms with Crippen molar-refractivity contribution in [2.24, 2.45) is 0 Å². The molecule has 2 rings (SSSR count). The van der Waals surface area contributed by atoms with Gasteiger partial charge in [0.15, 0.2) is 0 Å². The van der Waals surface area contributed by atoms with Gasteiger partial charge in [0, 0.05) is 6.04 Å². The number of nitrogens with zero attached hydrogens (tertiary/aromatic N) is 1. The molecule has 16 heavy (non-hydrogen) atoms. The van der Waals surface area contributed by atoms with Crippen molar-refractivity contribution in [2.75, 3.05) is 0 Å². The van der Waals surface area contributed by atoms with Crippen LogP contribution < -0.4 is 5.32 Å². The predicted molar refractivity (Wildman–Crippen MR) is 61.1 cm³/mol. The SMILES string of the molecule is Cc1nc(CN[C@H]2CCCC[C@@H]2O)oc1C. The summed E-state index contributed by atoms with van der Waals surface area (Å²) in [6, 6.07) is 0.196. The molecule has 1 aromatic rings. The molecule has 0 saturated heterocycles. The first kappa shape index (κ1) is 11.6. The second-order valence-corrected chi connectivity index (χ2v) is 4.59. The molecule has 0 aliphatic heterocycles. The number of aromatic nitrogens is 1. The van der Waals surface area contributed by atoms with Crippen LogP contribution in [0.5, 0.6) is 0 Å². The summed E-state index contributed by atoms with van der Waals surface area (Å²) in [7, 11) is 0. The Kier molecular flexibility index (Phi) is 3.61. The highest BCUT2D eigenvalue weighted by Crippen LogP contribution is 2.18. The van der Waals surface area contributed by atoms with Gasteiger partial charge in [-0.15, -0.1) is 0 Å². The number of aliphatic hydroxyl groups excluding tert-OH is 1. The van der Waals surface area contributed by atoms with Crippen LogP contribution in [0.4, 0.5) is 0 Å². The molecule has 1 aliphatic rings. The summed E-state index contributed by atoms with van der Waals surface area (Å²) in [5.41, 5.74) is 0.945. The predicted octanol–water partition coefficient (Wildman–Crippen LogP) is 1.68. The van der Waals surface area contributed by atoms with Gasteiger partial charge in [-0.3, -0.25) is 0 Å². The maximum atomic E-state index is 9.79. The average Bonchev–Trinajstić information content (AvgIpc) is 2.57. The Morgan fingerprint density at radius 1 is 1.38 bits per heavy atom. The van der Waals surface area contributed by atoms with Gasteiger partial charge in [0.05, 0.1) is 18.3 Å². The number of nitrogens with one attached hydrogen (secondary N) is 1. The largest absolute Gasteiger partial charge is 0.444 e. The Morgan fingerprint density at radius 3 is 2.75 bits per heavy atom. The number of aryl methyl sites for hydroxylation is 2. The first-order chi connectivity index (χ1) is 7.66. The van der Waals surface area contributed by atoms with Crippen molar-refractivity contribution in [2.45, 2.75) is 58.2 Å². The Labute approximate surface area is 96.1 Å². The van der Waals surface area contributed by atoms with E-state index in [-0.39, 0.29) is 12.1 Å². The van der Waals surface area contributed by atoms with Crippen molar-refractivity contribution in [1.82, 2.24) is 10.3 Å². The molecule has 1 saturated carbocycles. The lowest BCUT2D eigenvalue weighted by atomic mass is 9.93. The Bertz CT molecular complexity index is 329. The van der Waals surface area contributed by atoms with E-state index in [1.54, 1.807) is 0 Å². The summed E-state index contributed by atoms with van der Waals surface area (Å²) >= 11 is 0. The van der Waals surface area contributed by atoms with Crippen LogP contribution in [0, 0.1) is 13.8 Å². The Hall–Kier alpha value is -0.870. The molecule has 4 nitrogen and oxygen atoms in total. The normalized spacial score (nSPS) is 25.9. The smallest absolute Gasteiger partial charge is 0.208 e. The van der Waals surface area contributed by atoms with Crippen molar-refractivity contribution in [3.05, 3.63) is 17.3 Å². The number of hydrogen-bond acceptors (Lipinski definition) is 4. The summed E-state index contributed by atoms with van der Waals surface area (Å²) in [6.45, 7) is 4.47. The molecule has 1 heterocycles. The van der Waals surface area contributed by atoms with E-state index in [0.717, 1.165) is 30.7 Å². The third-order valence-corrected chi connectivity index (χ3v) is 3.32. The summed E-state index contributed by atoms with van der Waals surface area (Å²) in [4.78, 5) is 4.31. The van der Waals surface area contributed by atoms with E-state index in [2.05, 4.69) is 10.3 Å². The van der Waals surface area contributed by atoms with Crippen LogP contribution in [0.15, 0.2) is 4.42 Å². The highest BCUT2D eigenvalue weighted by Gasteiger charge is 2.22. The van der Waals surface area contributed by atoms with Gasteiger partial charge in [-0.1, -0.05) is 12.8 Å². The lowest BCUT2D eigenvalue weighted by Crippen LogP contribution is -2.41. The maximum Gasteiger partial charge on any atom is 0.208 e. The summed E-state index contributed by atoms with van der Waals surface area (Å²) < 4.78 is 5.49. The molecule has 90 valence electrons. The Morgan fingerprint density at radius 2 is 2.12 bits per heavy atom. The summed E-state index contributed by atoms with van der Waals surface area (Å²) in [5.74, 6) is 1.59. The fraction of sp³-hybridized carbons (Fsp3) is 0.750. The minimum absolute atomic E-state index is 0.196. The molecule has 1 fully saturated rings. The average molecular weight is 224 g/mol. The van der Waals surface area contributed by atoms with Crippen molar-refractivity contribution < 1.29 is 9.52 Å². The van der Waals surface area contributed by atoms with E-state index in [1.807, 2.05) is 13.8 Å². The molecular weight excluding hydrogens is 204 g/mol. The van der Waals surface area contributed by atoms with Crippen LogP contribution in [0.3, 0.4) is 0 Å². The van der Waals surface area contributed by atoms with Crippen LogP contribution in [0.1, 0.15) is 43.0 Å². The zero-order chi connectivity index (χ0) is 11.5. The number of aliphatic hydroxyl groups is 1. The zero-order valence-electron chi connectivity index (χ0n) is 9.99. The van der Waals surface area contributed by atoms with Crippen LogP contribution in [0.2, 0.25) is 0 Å². The van der Waals surface area contributed by atoms with Gasteiger partial charge in [0.25, 0.3) is 0 Å². The van der Waals surface area contributed by atoms with Crippen LogP contribution in [-0.2, 0) is 6.54 Å². The summed E-state index contributed by atoms with van der Waals surface area (Å²) in [6.07, 6.45) is 4.06. The van der Waals surface area contributed by atoms with E-state index < -0.39 is 0 Å². The third kappa shape index (κ3) is 2.62. The minimum atomic E-state index is -0.217. The number of rotatable bonds is 3. The van der Waals surface area contributed by atoms with Crippen LogP contribution >= 0.6 is 0 Å². The molecule has 0 radical (unpaired) electrons. The molecular formula is C12H20N2O2. The second-order valence-electron chi connectivity index (χ2n) is 4.59. The third-order valence-electron chi connectivity index (χ3n) is 3.32. The monoisotopic (exact) mass is 224 g/mol. The van der Waals surface area contributed by atoms with Gasteiger partial charge in [0.1, 0.15) is 5.76 Å². The standard InChI is InChI=1S/C12H20N2O2/c1-8-9(2)16-12(14-8)7-13-10-5-3-4-6-11(10)15/h10-11,13,15H,3-7H2,1-2H3/t10-,11-/m0/s1. The van der Waals surface area contributed by atoms with E-state index in [9.17, 15) is 5.11 Å². The van der Waals surface area contributed by atoms with Crippen LogP contribution in [0.25, 0.3) is 0 Å². The van der Waals surface area contributed by atoms with Gasteiger partial charge in [0.2, 0.25) is 5.89 Å². The quantitative estimate of drug-likeness (QED) is 0.820. The molecule has 0 bridgehead atoms. The van der Waals surface area contributed by atoms with E-state index >= 15 is 0 Å². The van der Waals surface area contributed by atoms with Gasteiger partial charge < -0.3 is 14.8 Å². The molecule has 1 aromatic heterocycles. The highest BCUT2D eigenvalue weighted by molar-refractivity contribution is 5.05. The second kappa shape index (κ2) is 4.97. The van der Waals surface area contributed by atoms with Crippen molar-refractivity contribution >= 4 is 0 Å². The van der Waals surface area contributed by atoms with Crippen molar-refractivity contribution in [3.8, 4) is 0 Å². The number of hydrogen-bond donors (Lipinski definition) is 2. The van der Waals surface area contributed by atoms with E-state index in [1.165, 1.54) is 6.42 Å². The lowest BCUT2D eigenvalue weighted by molar-refractivity contribution is 0.0890. The molecule has 2 N–H and O–H groups in total. The van der Waals surface area contributed by atoms with Gasteiger partial charge >= 0.3 is 0 Å². The molecule has 4 heteroatoms. The molecule has 0 amide bonds. The topological polar surface area (TPSA) is 58.3 Å². The molecule has 1 aliphatic carbocycles. The van der Waals surface area contributed by atoms with Gasteiger partial charge in [-0.05, 0) is 26.7 Å². The fourth-order valence-corrected chi connectivity index (χ4v) is 2.18. The maximum absolute atomic E-state index is 9.79. The van der Waals surface area contributed by atoms with E-state index in [0.29, 0.717) is 12.4 Å². The van der Waals surface area contributed by atoms with E-state index in [4.69, 9.17) is 4.42 Å². The van der Waals surface area contributed by atoms with Gasteiger partial charge in [-0.2, -0.15) is 0 Å². The van der Waals surface area contributed by atoms with Crippen molar-refractivity contribution in [1.29, 1.82) is 0 Å². The molecule has 2 atom stereocenters. The first-order valence-electron chi connectivity index (χ1n) is 6.01.